The minimum Gasteiger partial charge on any atom is -0.361 e. The molecule has 0 N–H and O–H groups in total. The van der Waals surface area contributed by atoms with Crippen LogP contribution in [0, 0.1) is 3.70 Å². The zero-order valence-electron chi connectivity index (χ0n) is 9.39. The zero-order valence-corrected chi connectivity index (χ0v) is 13.3. The molecule has 0 aromatic carbocycles. The Bertz CT molecular complexity index is 322. The molecule has 2 nitrogen and oxygen atoms in total. The van der Waals surface area contributed by atoms with Crippen molar-refractivity contribution in [1.82, 2.24) is 4.57 Å². The lowest BCUT2D eigenvalue weighted by Crippen LogP contribution is -2.22. The molecule has 15 heavy (non-hydrogen) atoms. The first-order valence-electron chi connectivity index (χ1n) is 4.97. The minimum absolute atomic E-state index is 0.607. The number of aromatic nitrogens is 1. The molecule has 0 unspecified atom stereocenters. The molecule has 0 saturated carbocycles. The summed E-state index contributed by atoms with van der Waals surface area (Å²) in [4.78, 5) is 0. The van der Waals surface area contributed by atoms with Crippen molar-refractivity contribution in [2.45, 2.75) is 32.4 Å². The summed E-state index contributed by atoms with van der Waals surface area (Å²) in [6.07, 6.45) is 1.90. The van der Waals surface area contributed by atoms with E-state index in [9.17, 15) is 0 Å². The summed E-state index contributed by atoms with van der Waals surface area (Å²) in [5.41, 5.74) is 0. The van der Waals surface area contributed by atoms with E-state index >= 15 is 0 Å². The molecule has 0 fully saturated rings. The molecule has 1 rings (SSSR count). The third-order valence-electron chi connectivity index (χ3n) is 2.04. The summed E-state index contributed by atoms with van der Waals surface area (Å²) < 4.78 is 8.76. The number of nitrogens with zero attached hydrogens (tertiary/aromatic N) is 1. The summed E-state index contributed by atoms with van der Waals surface area (Å²) in [5.74, 6) is 0. The molecule has 1 aromatic heterocycles. The van der Waals surface area contributed by atoms with E-state index in [0.717, 1.165) is 15.3 Å². The Labute approximate surface area is 111 Å². The van der Waals surface area contributed by atoms with Gasteiger partial charge in [0.15, 0.2) is 0 Å². The highest BCUT2D eigenvalue weighted by Crippen LogP contribution is 2.16. The van der Waals surface area contributed by atoms with Gasteiger partial charge in [0.25, 0.3) is 0 Å². The van der Waals surface area contributed by atoms with E-state index in [2.05, 4.69) is 42.2 Å². The molecule has 0 spiro atoms. The Balaban J connectivity index is 2.29. The third-order valence-corrected chi connectivity index (χ3v) is 4.88. The summed E-state index contributed by atoms with van der Waals surface area (Å²) >= 11 is 8.13. The summed E-state index contributed by atoms with van der Waals surface area (Å²) in [6, 6.07) is 3.14. The largest absolute Gasteiger partial charge is 0.361 e. The van der Waals surface area contributed by atoms with Crippen LogP contribution in [0.15, 0.2) is 12.3 Å². The van der Waals surface area contributed by atoms with E-state index in [1.807, 2.05) is 16.8 Å². The number of rotatable bonds is 5. The predicted molar refractivity (Wildman–Crippen MR) is 76.3 cm³/mol. The fourth-order valence-corrected chi connectivity index (χ4v) is 2.86. The van der Waals surface area contributed by atoms with Crippen LogP contribution in [0.5, 0.6) is 0 Å². The predicted octanol–water partition coefficient (Wildman–Crippen LogP) is 4.06. The lowest BCUT2D eigenvalue weighted by atomic mass is 10.7. The molecule has 1 aromatic rings. The van der Waals surface area contributed by atoms with Gasteiger partial charge in [-0.2, -0.15) is 0 Å². The van der Waals surface area contributed by atoms with Crippen LogP contribution in [0.25, 0.3) is 0 Å². The van der Waals surface area contributed by atoms with E-state index in [-0.39, 0.29) is 0 Å². The van der Waals surface area contributed by atoms with Crippen LogP contribution in [0.2, 0.25) is 30.7 Å². The first-order chi connectivity index (χ1) is 6.88. The summed E-state index contributed by atoms with van der Waals surface area (Å²) in [5, 5.41) is 0.771. The van der Waals surface area contributed by atoms with Crippen LogP contribution < -0.4 is 0 Å². The maximum absolute atomic E-state index is 5.88. The van der Waals surface area contributed by atoms with Crippen LogP contribution in [-0.2, 0) is 11.5 Å². The number of hydrogen-bond donors (Lipinski definition) is 0. The molecule has 86 valence electrons. The quantitative estimate of drug-likeness (QED) is 0.440. The lowest BCUT2D eigenvalue weighted by Gasteiger charge is -2.15. The maximum Gasteiger partial charge on any atom is 0.123 e. The van der Waals surface area contributed by atoms with Gasteiger partial charge in [0, 0.05) is 20.9 Å². The van der Waals surface area contributed by atoms with Crippen LogP contribution in [0.1, 0.15) is 0 Å². The van der Waals surface area contributed by atoms with E-state index in [0.29, 0.717) is 6.73 Å². The number of hydrogen-bond acceptors (Lipinski definition) is 1. The Morgan fingerprint density at radius 3 is 2.60 bits per heavy atom. The average Bonchev–Trinajstić information content (AvgIpc) is 2.37. The Morgan fingerprint density at radius 1 is 1.47 bits per heavy atom. The van der Waals surface area contributed by atoms with E-state index in [4.69, 9.17) is 16.3 Å². The van der Waals surface area contributed by atoms with Gasteiger partial charge in [-0.25, -0.2) is 0 Å². The number of halogens is 2. The van der Waals surface area contributed by atoms with Crippen molar-refractivity contribution in [3.05, 3.63) is 21.0 Å². The second-order valence-electron chi connectivity index (χ2n) is 4.80. The fourth-order valence-electron chi connectivity index (χ4n) is 1.08. The van der Waals surface area contributed by atoms with Crippen molar-refractivity contribution < 1.29 is 4.74 Å². The van der Waals surface area contributed by atoms with Crippen molar-refractivity contribution in [1.29, 1.82) is 0 Å². The highest BCUT2D eigenvalue weighted by molar-refractivity contribution is 14.1. The first kappa shape index (κ1) is 13.5. The molecule has 0 atom stereocenters. The highest BCUT2D eigenvalue weighted by Gasteiger charge is 2.12. The molecule has 0 aliphatic heterocycles. The van der Waals surface area contributed by atoms with Gasteiger partial charge >= 0.3 is 0 Å². The Morgan fingerprint density at radius 2 is 2.13 bits per heavy atom. The van der Waals surface area contributed by atoms with Crippen molar-refractivity contribution in [2.24, 2.45) is 0 Å². The number of ether oxygens (including phenoxy) is 1. The van der Waals surface area contributed by atoms with Crippen LogP contribution >= 0.6 is 34.2 Å². The third kappa shape index (κ3) is 5.37. The van der Waals surface area contributed by atoms with Gasteiger partial charge in [-0.3, -0.25) is 0 Å². The molecule has 0 radical (unpaired) electrons. The minimum atomic E-state index is -0.966. The monoisotopic (exact) mass is 357 g/mol. The second kappa shape index (κ2) is 5.70. The molecule has 0 aliphatic carbocycles. The highest BCUT2D eigenvalue weighted by atomic mass is 127. The SMILES string of the molecule is C[Si](C)(C)CCOCn1cc(Cl)cc1I. The average molecular weight is 358 g/mol. The Hall–Kier alpha value is 0.477. The van der Waals surface area contributed by atoms with Crippen molar-refractivity contribution in [2.75, 3.05) is 6.61 Å². The van der Waals surface area contributed by atoms with Gasteiger partial charge in [0.2, 0.25) is 0 Å². The van der Waals surface area contributed by atoms with E-state index in [1.54, 1.807) is 0 Å². The standard InChI is InChI=1S/C10H17ClINOSi/c1-15(2,3)5-4-14-8-13-7-9(11)6-10(13)12/h6-7H,4-5,8H2,1-3H3. The molecular formula is C10H17ClINOSi. The molecule has 0 amide bonds. The molecule has 0 bridgehead atoms. The van der Waals surface area contributed by atoms with Gasteiger partial charge < -0.3 is 9.30 Å². The Kier molecular flexibility index (Phi) is 5.15. The summed E-state index contributed by atoms with van der Waals surface area (Å²) in [6.45, 7) is 8.52. The van der Waals surface area contributed by atoms with Crippen molar-refractivity contribution >= 4 is 42.3 Å². The molecular weight excluding hydrogens is 341 g/mol. The summed E-state index contributed by atoms with van der Waals surface area (Å²) in [7, 11) is -0.966. The fraction of sp³-hybridized carbons (Fsp3) is 0.600. The van der Waals surface area contributed by atoms with Gasteiger partial charge in [-0.05, 0) is 34.7 Å². The topological polar surface area (TPSA) is 14.2 Å². The molecule has 0 aliphatic rings. The zero-order chi connectivity index (χ0) is 11.5. The maximum atomic E-state index is 5.88. The second-order valence-corrected chi connectivity index (χ2v) is 12.0. The lowest BCUT2D eigenvalue weighted by molar-refractivity contribution is 0.0859. The normalized spacial score (nSPS) is 12.1. The van der Waals surface area contributed by atoms with Crippen LogP contribution in [0.4, 0.5) is 0 Å². The molecule has 1 heterocycles. The molecule has 0 saturated heterocycles. The van der Waals surface area contributed by atoms with Gasteiger partial charge in [-0.1, -0.05) is 31.2 Å². The van der Waals surface area contributed by atoms with Crippen LogP contribution in [-0.4, -0.2) is 19.2 Å². The first-order valence-corrected chi connectivity index (χ1v) is 10.1. The van der Waals surface area contributed by atoms with Gasteiger partial charge in [0.05, 0.1) is 8.72 Å². The smallest absolute Gasteiger partial charge is 0.123 e. The molecule has 5 heteroatoms. The van der Waals surface area contributed by atoms with Crippen molar-refractivity contribution in [3.63, 3.8) is 0 Å². The van der Waals surface area contributed by atoms with E-state index < -0.39 is 8.07 Å². The van der Waals surface area contributed by atoms with Gasteiger partial charge in [-0.15, -0.1) is 0 Å². The van der Waals surface area contributed by atoms with Crippen LogP contribution in [0.3, 0.4) is 0 Å². The van der Waals surface area contributed by atoms with E-state index in [1.165, 1.54) is 6.04 Å². The van der Waals surface area contributed by atoms with Gasteiger partial charge in [0.1, 0.15) is 6.73 Å². The van der Waals surface area contributed by atoms with Crippen molar-refractivity contribution in [3.8, 4) is 0 Å².